The minimum atomic E-state index is 0.600. The maximum absolute atomic E-state index is 5.86. The summed E-state index contributed by atoms with van der Waals surface area (Å²) in [5, 5.41) is 5.96. The number of rotatable bonds is 6. The van der Waals surface area contributed by atoms with Crippen LogP contribution < -0.4 is 10.1 Å². The smallest absolute Gasteiger partial charge is 0.227 e. The molecule has 0 fully saturated rings. The summed E-state index contributed by atoms with van der Waals surface area (Å²) >= 11 is 1.60. The highest BCUT2D eigenvalue weighted by Crippen LogP contribution is 2.28. The number of aromatic nitrogens is 2. The molecule has 2 heterocycles. The van der Waals surface area contributed by atoms with E-state index >= 15 is 0 Å². The minimum absolute atomic E-state index is 0.600. The van der Waals surface area contributed by atoms with Crippen molar-refractivity contribution in [2.75, 3.05) is 19.0 Å². The van der Waals surface area contributed by atoms with Gasteiger partial charge >= 0.3 is 0 Å². The van der Waals surface area contributed by atoms with Crippen LogP contribution in [-0.4, -0.2) is 23.6 Å². The minimum Gasteiger partial charge on any atom is -0.477 e. The van der Waals surface area contributed by atoms with Crippen LogP contribution in [0.25, 0.3) is 10.2 Å². The summed E-state index contributed by atoms with van der Waals surface area (Å²) in [5.74, 6) is 1.27. The van der Waals surface area contributed by atoms with Gasteiger partial charge in [-0.3, -0.25) is 0 Å². The molecule has 3 rings (SSSR count). The zero-order valence-corrected chi connectivity index (χ0v) is 12.7. The quantitative estimate of drug-likeness (QED) is 0.704. The largest absolute Gasteiger partial charge is 0.477 e. The Labute approximate surface area is 127 Å². The molecule has 0 unspecified atom stereocenters. The maximum Gasteiger partial charge on any atom is 0.227 e. The van der Waals surface area contributed by atoms with Crippen molar-refractivity contribution in [3.05, 3.63) is 47.3 Å². The number of ether oxygens (including phenoxy) is 1. The Kier molecular flexibility index (Phi) is 4.31. The van der Waals surface area contributed by atoms with E-state index < -0.39 is 0 Å². The Morgan fingerprint density at radius 3 is 2.81 bits per heavy atom. The molecule has 0 aliphatic heterocycles. The van der Waals surface area contributed by atoms with E-state index in [4.69, 9.17) is 4.74 Å². The molecule has 0 spiro atoms. The molecule has 0 aliphatic carbocycles. The van der Waals surface area contributed by atoms with Crippen LogP contribution in [0.15, 0.2) is 41.8 Å². The fourth-order valence-electron chi connectivity index (χ4n) is 2.14. The van der Waals surface area contributed by atoms with Crippen LogP contribution >= 0.6 is 11.3 Å². The van der Waals surface area contributed by atoms with Crippen LogP contribution in [0, 0.1) is 0 Å². The maximum atomic E-state index is 5.86. The van der Waals surface area contributed by atoms with Crippen molar-refractivity contribution in [3.63, 3.8) is 0 Å². The predicted molar refractivity (Wildman–Crippen MR) is 87.2 cm³/mol. The zero-order valence-electron chi connectivity index (χ0n) is 11.9. The van der Waals surface area contributed by atoms with Crippen molar-refractivity contribution in [1.29, 1.82) is 0 Å². The highest BCUT2D eigenvalue weighted by atomic mass is 32.1. The van der Waals surface area contributed by atoms with E-state index in [1.807, 2.05) is 24.6 Å². The van der Waals surface area contributed by atoms with Gasteiger partial charge in [-0.05, 0) is 29.9 Å². The van der Waals surface area contributed by atoms with Crippen molar-refractivity contribution < 1.29 is 4.74 Å². The number of hydrogen-bond acceptors (Lipinski definition) is 5. The first-order valence-corrected chi connectivity index (χ1v) is 7.84. The fourth-order valence-corrected chi connectivity index (χ4v) is 2.89. The van der Waals surface area contributed by atoms with Crippen LogP contribution in [-0.2, 0) is 6.42 Å². The van der Waals surface area contributed by atoms with Gasteiger partial charge in [-0.25, -0.2) is 4.98 Å². The number of nitrogens with one attached hydrogen (secondary N) is 1. The Balaban J connectivity index is 1.63. The lowest BCUT2D eigenvalue weighted by atomic mass is 10.1. The van der Waals surface area contributed by atoms with Crippen LogP contribution in [0.3, 0.4) is 0 Å². The second-order valence-electron chi connectivity index (χ2n) is 4.68. The van der Waals surface area contributed by atoms with E-state index in [9.17, 15) is 0 Å². The predicted octanol–water partition coefficient (Wildman–Crippen LogP) is 3.74. The Morgan fingerprint density at radius 2 is 2.00 bits per heavy atom. The molecule has 0 aliphatic rings. The van der Waals surface area contributed by atoms with E-state index in [2.05, 4.69) is 39.6 Å². The van der Waals surface area contributed by atoms with E-state index in [1.54, 1.807) is 11.3 Å². The average Bonchev–Trinajstić information content (AvgIpc) is 3.00. The Bertz CT molecular complexity index is 712. The molecule has 2 aromatic heterocycles. The topological polar surface area (TPSA) is 47.0 Å². The summed E-state index contributed by atoms with van der Waals surface area (Å²) in [6, 6.07) is 12.4. The summed E-state index contributed by atoms with van der Waals surface area (Å²) in [7, 11) is 1.81. The van der Waals surface area contributed by atoms with E-state index in [1.165, 1.54) is 5.56 Å². The van der Waals surface area contributed by atoms with Gasteiger partial charge < -0.3 is 10.1 Å². The third-order valence-electron chi connectivity index (χ3n) is 3.21. The molecule has 5 heteroatoms. The highest BCUT2D eigenvalue weighted by Gasteiger charge is 2.09. The summed E-state index contributed by atoms with van der Waals surface area (Å²) in [4.78, 5) is 9.76. The van der Waals surface area contributed by atoms with Crippen molar-refractivity contribution in [2.24, 2.45) is 0 Å². The molecule has 4 nitrogen and oxygen atoms in total. The van der Waals surface area contributed by atoms with Crippen LogP contribution in [0.4, 0.5) is 5.95 Å². The van der Waals surface area contributed by atoms with Gasteiger partial charge in [-0.15, -0.1) is 11.3 Å². The molecule has 0 saturated carbocycles. The SMILES string of the molecule is CNc1nc(OCCCc2ccccc2)c2ccsc2n1. The third kappa shape index (κ3) is 3.31. The summed E-state index contributed by atoms with van der Waals surface area (Å²) in [6.45, 7) is 0.653. The second kappa shape index (κ2) is 6.54. The van der Waals surface area contributed by atoms with Gasteiger partial charge in [0.15, 0.2) is 0 Å². The normalized spacial score (nSPS) is 10.7. The van der Waals surface area contributed by atoms with Crippen LogP contribution in [0.2, 0.25) is 0 Å². The van der Waals surface area contributed by atoms with Gasteiger partial charge in [-0.1, -0.05) is 30.3 Å². The first-order chi connectivity index (χ1) is 10.4. The number of anilines is 1. The molecule has 21 heavy (non-hydrogen) atoms. The lowest BCUT2D eigenvalue weighted by molar-refractivity contribution is 0.303. The number of thiophene rings is 1. The number of fused-ring (bicyclic) bond motifs is 1. The standard InChI is InChI=1S/C16H17N3OS/c1-17-16-18-14(13-9-11-21-15(13)19-16)20-10-5-8-12-6-3-2-4-7-12/h2-4,6-7,9,11H,5,8,10H2,1H3,(H,17,18,19). The average molecular weight is 299 g/mol. The van der Waals surface area contributed by atoms with Gasteiger partial charge in [0.1, 0.15) is 4.83 Å². The van der Waals surface area contributed by atoms with E-state index in [0.717, 1.165) is 23.1 Å². The molecule has 0 radical (unpaired) electrons. The Morgan fingerprint density at radius 1 is 1.14 bits per heavy atom. The number of aryl methyl sites for hydroxylation is 1. The molecule has 0 atom stereocenters. The van der Waals surface area contributed by atoms with Crippen LogP contribution in [0.5, 0.6) is 5.88 Å². The van der Waals surface area contributed by atoms with E-state index in [-0.39, 0.29) is 0 Å². The van der Waals surface area contributed by atoms with Gasteiger partial charge in [0, 0.05) is 7.05 Å². The van der Waals surface area contributed by atoms with Crippen molar-refractivity contribution in [2.45, 2.75) is 12.8 Å². The summed E-state index contributed by atoms with van der Waals surface area (Å²) in [6.07, 6.45) is 1.98. The first kappa shape index (κ1) is 13.8. The molecule has 0 bridgehead atoms. The molecule has 1 aromatic carbocycles. The summed E-state index contributed by atoms with van der Waals surface area (Å²) in [5.41, 5.74) is 1.33. The molecule has 1 N–H and O–H groups in total. The van der Waals surface area contributed by atoms with Gasteiger partial charge in [0.2, 0.25) is 11.8 Å². The van der Waals surface area contributed by atoms with Crippen molar-refractivity contribution in [3.8, 4) is 5.88 Å². The molecular formula is C16H17N3OS. The molecule has 108 valence electrons. The lowest BCUT2D eigenvalue weighted by Crippen LogP contribution is -2.04. The third-order valence-corrected chi connectivity index (χ3v) is 4.01. The number of benzene rings is 1. The van der Waals surface area contributed by atoms with Gasteiger partial charge in [0.05, 0.1) is 12.0 Å². The Hall–Kier alpha value is -2.14. The number of nitrogens with zero attached hydrogens (tertiary/aromatic N) is 2. The molecule has 0 amide bonds. The van der Waals surface area contributed by atoms with Crippen molar-refractivity contribution in [1.82, 2.24) is 9.97 Å². The molecular weight excluding hydrogens is 282 g/mol. The lowest BCUT2D eigenvalue weighted by Gasteiger charge is -2.08. The molecule has 0 saturated heterocycles. The molecule has 3 aromatic rings. The second-order valence-corrected chi connectivity index (χ2v) is 5.57. The first-order valence-electron chi connectivity index (χ1n) is 6.96. The number of hydrogen-bond donors (Lipinski definition) is 1. The van der Waals surface area contributed by atoms with Gasteiger partial charge in [0.25, 0.3) is 0 Å². The van der Waals surface area contributed by atoms with Crippen molar-refractivity contribution >= 4 is 27.5 Å². The van der Waals surface area contributed by atoms with E-state index in [0.29, 0.717) is 18.4 Å². The highest BCUT2D eigenvalue weighted by molar-refractivity contribution is 7.16. The van der Waals surface area contributed by atoms with Crippen LogP contribution in [0.1, 0.15) is 12.0 Å². The van der Waals surface area contributed by atoms with Gasteiger partial charge in [-0.2, -0.15) is 4.98 Å². The monoisotopic (exact) mass is 299 g/mol. The fraction of sp³-hybridized carbons (Fsp3) is 0.250. The summed E-state index contributed by atoms with van der Waals surface area (Å²) < 4.78 is 5.86. The zero-order chi connectivity index (χ0) is 14.5.